The van der Waals surface area contributed by atoms with Crippen molar-refractivity contribution in [3.05, 3.63) is 35.4 Å². The van der Waals surface area contributed by atoms with E-state index in [1.807, 2.05) is 25.3 Å². The van der Waals surface area contributed by atoms with Crippen LogP contribution >= 0.6 is 11.8 Å². The third-order valence-corrected chi connectivity index (χ3v) is 3.25. The fourth-order valence-electron chi connectivity index (χ4n) is 1.59. The van der Waals surface area contributed by atoms with Gasteiger partial charge in [0.2, 0.25) is 0 Å². The smallest absolute Gasteiger partial charge is 0.252 e. The van der Waals surface area contributed by atoms with E-state index in [1.54, 1.807) is 23.9 Å². The largest absolute Gasteiger partial charge is 0.384 e. The maximum atomic E-state index is 12.2. The SMILES string of the molecule is CSCCC(C)NC(=O)c1ccccc1C#CCO. The molecule has 0 fully saturated rings. The first kappa shape index (κ1) is 15.6. The molecule has 1 aromatic rings. The summed E-state index contributed by atoms with van der Waals surface area (Å²) in [6, 6.07) is 7.31. The van der Waals surface area contributed by atoms with Crippen molar-refractivity contribution in [1.29, 1.82) is 0 Å². The maximum Gasteiger partial charge on any atom is 0.252 e. The molecule has 1 aromatic carbocycles. The van der Waals surface area contributed by atoms with Gasteiger partial charge >= 0.3 is 0 Å². The highest BCUT2D eigenvalue weighted by atomic mass is 32.2. The molecule has 1 rings (SSSR count). The van der Waals surface area contributed by atoms with Gasteiger partial charge in [-0.2, -0.15) is 11.8 Å². The molecule has 3 nitrogen and oxygen atoms in total. The molecule has 0 heterocycles. The Kier molecular flexibility index (Phi) is 7.09. The van der Waals surface area contributed by atoms with Crippen molar-refractivity contribution in [3.63, 3.8) is 0 Å². The Hall–Kier alpha value is -1.44. The second-order valence-corrected chi connectivity index (χ2v) is 5.15. The molecule has 0 radical (unpaired) electrons. The summed E-state index contributed by atoms with van der Waals surface area (Å²) in [6.45, 7) is 1.79. The Morgan fingerprint density at radius 1 is 1.47 bits per heavy atom. The van der Waals surface area contributed by atoms with Crippen LogP contribution in [0.15, 0.2) is 24.3 Å². The number of aliphatic hydroxyl groups excluding tert-OH is 1. The number of nitrogens with one attached hydrogen (secondary N) is 1. The number of rotatable bonds is 5. The predicted octanol–water partition coefficient (Wildman–Crippen LogP) is 1.90. The minimum Gasteiger partial charge on any atom is -0.384 e. The minimum absolute atomic E-state index is 0.114. The molecule has 1 atom stereocenters. The van der Waals surface area contributed by atoms with Gasteiger partial charge in [-0.15, -0.1) is 0 Å². The normalized spacial score (nSPS) is 11.3. The molecule has 19 heavy (non-hydrogen) atoms. The first-order valence-electron chi connectivity index (χ1n) is 6.17. The molecule has 0 saturated heterocycles. The summed E-state index contributed by atoms with van der Waals surface area (Å²) in [5.41, 5.74) is 1.20. The van der Waals surface area contributed by atoms with Gasteiger partial charge in [-0.3, -0.25) is 4.79 Å². The number of benzene rings is 1. The van der Waals surface area contributed by atoms with Crippen LogP contribution in [0.4, 0.5) is 0 Å². The van der Waals surface area contributed by atoms with Crippen molar-refractivity contribution in [2.24, 2.45) is 0 Å². The monoisotopic (exact) mass is 277 g/mol. The molecule has 2 N–H and O–H groups in total. The summed E-state index contributed by atoms with van der Waals surface area (Å²) in [4.78, 5) is 12.2. The van der Waals surface area contributed by atoms with Crippen molar-refractivity contribution >= 4 is 17.7 Å². The van der Waals surface area contributed by atoms with E-state index in [-0.39, 0.29) is 18.6 Å². The highest BCUT2D eigenvalue weighted by Crippen LogP contribution is 2.08. The Bertz CT molecular complexity index is 477. The number of thioether (sulfide) groups is 1. The third-order valence-electron chi connectivity index (χ3n) is 2.61. The van der Waals surface area contributed by atoms with Crippen molar-refractivity contribution in [1.82, 2.24) is 5.32 Å². The maximum absolute atomic E-state index is 12.2. The molecule has 0 aliphatic heterocycles. The van der Waals surface area contributed by atoms with Crippen LogP contribution in [0.25, 0.3) is 0 Å². The average Bonchev–Trinajstić information content (AvgIpc) is 2.43. The fourth-order valence-corrected chi connectivity index (χ4v) is 2.18. The molecular weight excluding hydrogens is 258 g/mol. The van der Waals surface area contributed by atoms with E-state index < -0.39 is 0 Å². The van der Waals surface area contributed by atoms with Gasteiger partial charge in [0, 0.05) is 11.6 Å². The van der Waals surface area contributed by atoms with E-state index in [9.17, 15) is 4.79 Å². The molecule has 1 unspecified atom stereocenters. The number of hydrogen-bond donors (Lipinski definition) is 2. The molecule has 0 aliphatic carbocycles. The molecule has 1 amide bonds. The standard InChI is InChI=1S/C15H19NO2S/c1-12(9-11-19-2)16-15(18)14-8-4-3-6-13(14)7-5-10-17/h3-4,6,8,12,17H,9-11H2,1-2H3,(H,16,18). The molecule has 0 spiro atoms. The van der Waals surface area contributed by atoms with E-state index in [0.29, 0.717) is 11.1 Å². The van der Waals surface area contributed by atoms with E-state index in [4.69, 9.17) is 5.11 Å². The molecule has 0 saturated carbocycles. The van der Waals surface area contributed by atoms with E-state index in [1.165, 1.54) is 0 Å². The molecule has 4 heteroatoms. The van der Waals surface area contributed by atoms with Crippen molar-refractivity contribution in [2.75, 3.05) is 18.6 Å². The van der Waals surface area contributed by atoms with Crippen LogP contribution in [0.3, 0.4) is 0 Å². The summed E-state index contributed by atoms with van der Waals surface area (Å²) < 4.78 is 0. The van der Waals surface area contributed by atoms with E-state index in [0.717, 1.165) is 12.2 Å². The zero-order chi connectivity index (χ0) is 14.1. The van der Waals surface area contributed by atoms with E-state index in [2.05, 4.69) is 17.2 Å². The highest BCUT2D eigenvalue weighted by Gasteiger charge is 2.12. The second kappa shape index (κ2) is 8.63. The Morgan fingerprint density at radius 3 is 2.89 bits per heavy atom. The summed E-state index contributed by atoms with van der Waals surface area (Å²) in [5.74, 6) is 6.27. The van der Waals surface area contributed by atoms with Crippen LogP contribution in [0.2, 0.25) is 0 Å². The van der Waals surface area contributed by atoms with Gasteiger partial charge in [-0.1, -0.05) is 24.0 Å². The first-order valence-corrected chi connectivity index (χ1v) is 7.57. The number of hydrogen-bond acceptors (Lipinski definition) is 3. The van der Waals surface area contributed by atoms with Crippen LogP contribution < -0.4 is 5.32 Å². The van der Waals surface area contributed by atoms with Gasteiger partial charge in [-0.25, -0.2) is 0 Å². The van der Waals surface area contributed by atoms with Crippen LogP contribution in [0.1, 0.15) is 29.3 Å². The zero-order valence-corrected chi connectivity index (χ0v) is 12.1. The minimum atomic E-state index is -0.208. The van der Waals surface area contributed by atoms with Crippen LogP contribution in [0.5, 0.6) is 0 Å². The topological polar surface area (TPSA) is 49.3 Å². The van der Waals surface area contributed by atoms with Crippen LogP contribution in [0, 0.1) is 11.8 Å². The van der Waals surface area contributed by atoms with Gasteiger partial charge in [-0.05, 0) is 37.5 Å². The summed E-state index contributed by atoms with van der Waals surface area (Å²) in [5, 5.41) is 11.7. The summed E-state index contributed by atoms with van der Waals surface area (Å²) >= 11 is 1.77. The third kappa shape index (κ3) is 5.37. The predicted molar refractivity (Wildman–Crippen MR) is 80.3 cm³/mol. The number of carbonyl (C=O) groups is 1. The molecule has 0 aromatic heterocycles. The highest BCUT2D eigenvalue weighted by molar-refractivity contribution is 7.98. The lowest BCUT2D eigenvalue weighted by Gasteiger charge is -2.13. The summed E-state index contributed by atoms with van der Waals surface area (Å²) in [6.07, 6.45) is 2.99. The molecular formula is C15H19NO2S. The van der Waals surface area contributed by atoms with Crippen molar-refractivity contribution in [3.8, 4) is 11.8 Å². The van der Waals surface area contributed by atoms with Crippen LogP contribution in [-0.4, -0.2) is 35.7 Å². The fraction of sp³-hybridized carbons (Fsp3) is 0.400. The lowest BCUT2D eigenvalue weighted by Crippen LogP contribution is -2.33. The Balaban J connectivity index is 2.76. The zero-order valence-electron chi connectivity index (χ0n) is 11.3. The molecule has 0 aliphatic rings. The number of amides is 1. The van der Waals surface area contributed by atoms with Gasteiger partial charge < -0.3 is 10.4 Å². The molecule has 102 valence electrons. The Labute approximate surface area is 118 Å². The lowest BCUT2D eigenvalue weighted by atomic mass is 10.1. The molecule has 0 bridgehead atoms. The van der Waals surface area contributed by atoms with Gasteiger partial charge in [0.1, 0.15) is 6.61 Å². The van der Waals surface area contributed by atoms with Gasteiger partial charge in [0.15, 0.2) is 0 Å². The quantitative estimate of drug-likeness (QED) is 0.808. The van der Waals surface area contributed by atoms with Crippen molar-refractivity contribution < 1.29 is 9.90 Å². The Morgan fingerprint density at radius 2 is 2.21 bits per heavy atom. The number of carbonyl (C=O) groups excluding carboxylic acids is 1. The number of aliphatic hydroxyl groups is 1. The van der Waals surface area contributed by atoms with Gasteiger partial charge in [0.25, 0.3) is 5.91 Å². The van der Waals surface area contributed by atoms with Crippen LogP contribution in [-0.2, 0) is 0 Å². The average molecular weight is 277 g/mol. The van der Waals surface area contributed by atoms with E-state index >= 15 is 0 Å². The first-order chi connectivity index (χ1) is 9.19. The van der Waals surface area contributed by atoms with Crippen molar-refractivity contribution in [2.45, 2.75) is 19.4 Å². The lowest BCUT2D eigenvalue weighted by molar-refractivity contribution is 0.0939. The van der Waals surface area contributed by atoms with Gasteiger partial charge in [0.05, 0.1) is 5.56 Å². The second-order valence-electron chi connectivity index (χ2n) is 4.16. The summed E-state index contributed by atoms with van der Waals surface area (Å²) in [7, 11) is 0.